The third-order valence-corrected chi connectivity index (χ3v) is 5.32. The van der Waals surface area contributed by atoms with Crippen molar-refractivity contribution >= 4 is 21.6 Å². The molecule has 0 aliphatic carbocycles. The van der Waals surface area contributed by atoms with Crippen LogP contribution in [0.5, 0.6) is 0 Å². The van der Waals surface area contributed by atoms with Crippen LogP contribution in [0, 0.1) is 0 Å². The average molecular weight is 386 g/mol. The van der Waals surface area contributed by atoms with E-state index in [0.717, 1.165) is 38.8 Å². The zero-order valence-corrected chi connectivity index (χ0v) is 14.4. The predicted octanol–water partition coefficient (Wildman–Crippen LogP) is 1.93. The molecular weight excluding hydrogens is 367 g/mol. The summed E-state index contributed by atoms with van der Waals surface area (Å²) in [7, 11) is -4.03. The maximum atomic E-state index is 12.8. The van der Waals surface area contributed by atoms with Gasteiger partial charge in [0, 0.05) is 37.7 Å². The first-order valence-corrected chi connectivity index (χ1v) is 9.35. The standard InChI is InChI=1S/C14H19ClF3N3O2S/c15-12-8-11(14(16,17)18)9-13(10-12)24(22,23)20-2-1-5-21-6-3-19-4-7-21/h8-10,19-20H,1-7H2. The quantitative estimate of drug-likeness (QED) is 0.735. The van der Waals surface area contributed by atoms with Gasteiger partial charge in [0.05, 0.1) is 10.5 Å². The number of hydrogen-bond acceptors (Lipinski definition) is 4. The summed E-state index contributed by atoms with van der Waals surface area (Å²) in [6.07, 6.45) is -4.08. The molecule has 1 aromatic carbocycles. The molecule has 1 aromatic rings. The number of sulfonamides is 1. The van der Waals surface area contributed by atoms with Crippen LogP contribution in [0.2, 0.25) is 5.02 Å². The number of hydrogen-bond donors (Lipinski definition) is 2. The highest BCUT2D eigenvalue weighted by Gasteiger charge is 2.32. The molecule has 0 spiro atoms. The van der Waals surface area contributed by atoms with Crippen LogP contribution in [0.25, 0.3) is 0 Å². The van der Waals surface area contributed by atoms with Gasteiger partial charge in [0.25, 0.3) is 0 Å². The van der Waals surface area contributed by atoms with E-state index < -0.39 is 26.7 Å². The lowest BCUT2D eigenvalue weighted by atomic mass is 10.2. The number of nitrogens with zero attached hydrogens (tertiary/aromatic N) is 1. The zero-order valence-electron chi connectivity index (χ0n) is 12.9. The van der Waals surface area contributed by atoms with E-state index in [1.54, 1.807) is 0 Å². The largest absolute Gasteiger partial charge is 0.416 e. The van der Waals surface area contributed by atoms with Gasteiger partial charge in [0.1, 0.15) is 0 Å². The molecule has 0 atom stereocenters. The summed E-state index contributed by atoms with van der Waals surface area (Å²) >= 11 is 5.62. The molecule has 2 N–H and O–H groups in total. The van der Waals surface area contributed by atoms with E-state index in [1.807, 2.05) is 0 Å². The molecule has 0 bridgehead atoms. The molecule has 10 heteroatoms. The van der Waals surface area contributed by atoms with E-state index in [1.165, 1.54) is 0 Å². The molecule has 0 saturated carbocycles. The molecule has 0 aromatic heterocycles. The van der Waals surface area contributed by atoms with Gasteiger partial charge in [0.2, 0.25) is 10.0 Å². The third kappa shape index (κ3) is 5.59. The van der Waals surface area contributed by atoms with E-state index in [-0.39, 0.29) is 11.6 Å². The SMILES string of the molecule is O=S(=O)(NCCCN1CCNCC1)c1cc(Cl)cc(C(F)(F)F)c1. The minimum absolute atomic E-state index is 0.153. The second-order valence-corrected chi connectivity index (χ2v) is 7.72. The number of nitrogens with one attached hydrogen (secondary N) is 2. The smallest absolute Gasteiger partial charge is 0.314 e. The Morgan fingerprint density at radius 1 is 1.21 bits per heavy atom. The van der Waals surface area contributed by atoms with Crippen LogP contribution in [0.1, 0.15) is 12.0 Å². The molecule has 0 unspecified atom stereocenters. The Bertz CT molecular complexity index is 662. The monoisotopic (exact) mass is 385 g/mol. The van der Waals surface area contributed by atoms with E-state index >= 15 is 0 Å². The Morgan fingerprint density at radius 2 is 1.88 bits per heavy atom. The van der Waals surface area contributed by atoms with Gasteiger partial charge >= 0.3 is 6.18 Å². The third-order valence-electron chi connectivity index (χ3n) is 3.66. The van der Waals surface area contributed by atoms with E-state index in [0.29, 0.717) is 18.6 Å². The summed E-state index contributed by atoms with van der Waals surface area (Å²) in [5, 5.41) is 2.94. The summed E-state index contributed by atoms with van der Waals surface area (Å²) in [6, 6.07) is 2.30. The fourth-order valence-corrected chi connectivity index (χ4v) is 3.85. The average Bonchev–Trinajstić information content (AvgIpc) is 2.51. The molecule has 0 amide bonds. The molecule has 136 valence electrons. The lowest BCUT2D eigenvalue weighted by Gasteiger charge is -2.27. The van der Waals surface area contributed by atoms with Crippen molar-refractivity contribution in [3.63, 3.8) is 0 Å². The van der Waals surface area contributed by atoms with E-state index in [2.05, 4.69) is 14.9 Å². The van der Waals surface area contributed by atoms with Crippen LogP contribution in [-0.2, 0) is 16.2 Å². The highest BCUT2D eigenvalue weighted by atomic mass is 35.5. The van der Waals surface area contributed by atoms with Crippen molar-refractivity contribution in [2.45, 2.75) is 17.5 Å². The minimum atomic E-state index is -4.66. The van der Waals surface area contributed by atoms with Crippen molar-refractivity contribution in [3.05, 3.63) is 28.8 Å². The van der Waals surface area contributed by atoms with Gasteiger partial charge in [-0.2, -0.15) is 13.2 Å². The molecule has 1 fully saturated rings. The predicted molar refractivity (Wildman–Crippen MR) is 85.6 cm³/mol. The lowest BCUT2D eigenvalue weighted by Crippen LogP contribution is -2.44. The van der Waals surface area contributed by atoms with Gasteiger partial charge in [-0.25, -0.2) is 13.1 Å². The molecule has 1 aliphatic heterocycles. The maximum Gasteiger partial charge on any atom is 0.416 e. The minimum Gasteiger partial charge on any atom is -0.314 e. The van der Waals surface area contributed by atoms with Crippen LogP contribution in [-0.4, -0.2) is 52.6 Å². The second kappa shape index (κ2) is 8.01. The number of benzene rings is 1. The van der Waals surface area contributed by atoms with E-state index in [4.69, 9.17) is 11.6 Å². The Balaban J connectivity index is 1.96. The number of halogens is 4. The first kappa shape index (κ1) is 19.5. The van der Waals surface area contributed by atoms with Crippen molar-refractivity contribution in [1.29, 1.82) is 0 Å². The van der Waals surface area contributed by atoms with Gasteiger partial charge < -0.3 is 10.2 Å². The van der Waals surface area contributed by atoms with Crippen molar-refractivity contribution < 1.29 is 21.6 Å². The highest BCUT2D eigenvalue weighted by Crippen LogP contribution is 2.32. The van der Waals surface area contributed by atoms with Crippen LogP contribution in [0.15, 0.2) is 23.1 Å². The van der Waals surface area contributed by atoms with Crippen LogP contribution < -0.4 is 10.0 Å². The van der Waals surface area contributed by atoms with Crippen LogP contribution >= 0.6 is 11.6 Å². The summed E-state index contributed by atoms with van der Waals surface area (Å²) in [4.78, 5) is 1.72. The van der Waals surface area contributed by atoms with Gasteiger partial charge in [-0.1, -0.05) is 11.6 Å². The highest BCUT2D eigenvalue weighted by molar-refractivity contribution is 7.89. The normalized spacial score (nSPS) is 17.2. The second-order valence-electron chi connectivity index (χ2n) is 5.52. The molecule has 5 nitrogen and oxygen atoms in total. The molecule has 1 aliphatic rings. The Morgan fingerprint density at radius 3 is 2.50 bits per heavy atom. The Labute approximate surface area is 144 Å². The Hall–Kier alpha value is -0.870. The molecule has 24 heavy (non-hydrogen) atoms. The molecule has 1 heterocycles. The molecule has 0 radical (unpaired) electrons. The first-order valence-electron chi connectivity index (χ1n) is 7.49. The van der Waals surface area contributed by atoms with Crippen molar-refractivity contribution in [2.24, 2.45) is 0 Å². The van der Waals surface area contributed by atoms with Gasteiger partial charge in [-0.15, -0.1) is 0 Å². The maximum absolute atomic E-state index is 12.8. The van der Waals surface area contributed by atoms with Crippen LogP contribution in [0.4, 0.5) is 13.2 Å². The molecule has 1 saturated heterocycles. The summed E-state index contributed by atoms with van der Waals surface area (Å²) in [6.45, 7) is 4.47. The number of piperazine rings is 1. The first-order chi connectivity index (χ1) is 11.2. The van der Waals surface area contributed by atoms with Gasteiger partial charge in [-0.3, -0.25) is 0 Å². The molecule has 2 rings (SSSR count). The Kier molecular flexibility index (Phi) is 6.49. The fourth-order valence-electron chi connectivity index (χ4n) is 2.41. The van der Waals surface area contributed by atoms with Gasteiger partial charge in [-0.05, 0) is 31.2 Å². The molecular formula is C14H19ClF3N3O2S. The zero-order chi connectivity index (χ0) is 17.8. The number of alkyl halides is 3. The van der Waals surface area contributed by atoms with Crippen molar-refractivity contribution in [2.75, 3.05) is 39.3 Å². The lowest BCUT2D eigenvalue weighted by molar-refractivity contribution is -0.137. The summed E-state index contributed by atoms with van der Waals surface area (Å²) in [5.74, 6) is 0. The van der Waals surface area contributed by atoms with Crippen molar-refractivity contribution in [1.82, 2.24) is 14.9 Å². The van der Waals surface area contributed by atoms with E-state index in [9.17, 15) is 21.6 Å². The fraction of sp³-hybridized carbons (Fsp3) is 0.571. The van der Waals surface area contributed by atoms with Crippen LogP contribution in [0.3, 0.4) is 0 Å². The number of rotatable bonds is 6. The topological polar surface area (TPSA) is 61.4 Å². The summed E-state index contributed by atoms with van der Waals surface area (Å²) in [5.41, 5.74) is -1.09. The summed E-state index contributed by atoms with van der Waals surface area (Å²) < 4.78 is 64.9. The van der Waals surface area contributed by atoms with Gasteiger partial charge in [0.15, 0.2) is 0 Å². The van der Waals surface area contributed by atoms with Crippen molar-refractivity contribution in [3.8, 4) is 0 Å².